The number of aromatic nitrogens is 1. The fraction of sp³-hybridized carbons (Fsp3) is 0.684. The van der Waals surface area contributed by atoms with Gasteiger partial charge in [0.15, 0.2) is 0 Å². The number of pyridine rings is 1. The Balaban J connectivity index is 1.83. The van der Waals surface area contributed by atoms with Crippen LogP contribution < -0.4 is 10.9 Å². The van der Waals surface area contributed by atoms with E-state index in [1.54, 1.807) is 0 Å². The molecule has 134 valence electrons. The third kappa shape index (κ3) is 4.86. The van der Waals surface area contributed by atoms with E-state index in [0.717, 1.165) is 49.8 Å². The van der Waals surface area contributed by atoms with Crippen LogP contribution in [-0.4, -0.2) is 22.5 Å². The van der Waals surface area contributed by atoms with Gasteiger partial charge in [0, 0.05) is 17.8 Å². The number of nitrogens with one attached hydrogen (secondary N) is 2. The first kappa shape index (κ1) is 18.6. The fourth-order valence-corrected chi connectivity index (χ4v) is 3.35. The summed E-state index contributed by atoms with van der Waals surface area (Å²) in [5, 5.41) is 13.1. The molecule has 5 heteroatoms. The molecule has 1 aromatic rings. The summed E-state index contributed by atoms with van der Waals surface area (Å²) in [6, 6.07) is 0. The zero-order valence-electron chi connectivity index (χ0n) is 14.7. The number of hydrogen-bond donors (Lipinski definition) is 3. The molecule has 1 heterocycles. The molecule has 0 fully saturated rings. The van der Waals surface area contributed by atoms with Gasteiger partial charge < -0.3 is 15.4 Å². The third-order valence-electron chi connectivity index (χ3n) is 4.77. The molecule has 24 heavy (non-hydrogen) atoms. The van der Waals surface area contributed by atoms with E-state index < -0.39 is 11.5 Å². The van der Waals surface area contributed by atoms with E-state index in [9.17, 15) is 14.7 Å². The van der Waals surface area contributed by atoms with Gasteiger partial charge in [-0.15, -0.1) is 0 Å². The lowest BCUT2D eigenvalue weighted by Crippen LogP contribution is -2.32. The van der Waals surface area contributed by atoms with Crippen LogP contribution >= 0.6 is 0 Å². The second kappa shape index (κ2) is 9.50. The van der Waals surface area contributed by atoms with Crippen molar-refractivity contribution in [3.05, 3.63) is 27.2 Å². The standard InChI is InChI=1S/C19H30N2O3/c1-2-3-4-5-6-7-10-13-20-18(23)16-17(22)14-11-8-9-12-15(14)21-19(16)24/h2-13H2,1H3,(H,20,23)(H2,21,22,24). The summed E-state index contributed by atoms with van der Waals surface area (Å²) in [6.45, 7) is 2.75. The zero-order valence-corrected chi connectivity index (χ0v) is 14.7. The number of carbonyl (C=O) groups excluding carboxylic acids is 1. The first-order chi connectivity index (χ1) is 11.6. The highest BCUT2D eigenvalue weighted by atomic mass is 16.3. The summed E-state index contributed by atoms with van der Waals surface area (Å²) in [6.07, 6.45) is 11.7. The summed E-state index contributed by atoms with van der Waals surface area (Å²) < 4.78 is 0. The van der Waals surface area contributed by atoms with Crippen LogP contribution in [-0.2, 0) is 12.8 Å². The lowest BCUT2D eigenvalue weighted by atomic mass is 9.93. The molecule has 0 bridgehead atoms. The largest absolute Gasteiger partial charge is 0.507 e. The van der Waals surface area contributed by atoms with Gasteiger partial charge in [-0.1, -0.05) is 45.4 Å². The number of amides is 1. The molecule has 0 aromatic carbocycles. The number of fused-ring (bicyclic) bond motifs is 1. The van der Waals surface area contributed by atoms with Crippen molar-refractivity contribution in [3.8, 4) is 5.75 Å². The molecule has 0 atom stereocenters. The number of hydrogen-bond acceptors (Lipinski definition) is 3. The number of aromatic amines is 1. The Morgan fingerprint density at radius 1 is 1.08 bits per heavy atom. The Morgan fingerprint density at radius 3 is 2.50 bits per heavy atom. The van der Waals surface area contributed by atoms with Crippen LogP contribution in [0.3, 0.4) is 0 Å². The summed E-state index contributed by atoms with van der Waals surface area (Å²) in [7, 11) is 0. The molecule has 2 rings (SSSR count). The van der Waals surface area contributed by atoms with Gasteiger partial charge in [0.1, 0.15) is 11.3 Å². The highest BCUT2D eigenvalue weighted by Crippen LogP contribution is 2.28. The van der Waals surface area contributed by atoms with Crippen LogP contribution in [0.4, 0.5) is 0 Å². The molecule has 0 saturated heterocycles. The van der Waals surface area contributed by atoms with E-state index in [4.69, 9.17) is 0 Å². The summed E-state index contributed by atoms with van der Waals surface area (Å²) >= 11 is 0. The van der Waals surface area contributed by atoms with Crippen molar-refractivity contribution < 1.29 is 9.90 Å². The average molecular weight is 334 g/mol. The number of rotatable bonds is 9. The smallest absolute Gasteiger partial charge is 0.264 e. The first-order valence-corrected chi connectivity index (χ1v) is 9.40. The molecular formula is C19H30N2O3. The lowest BCUT2D eigenvalue weighted by Gasteiger charge is -2.18. The highest BCUT2D eigenvalue weighted by molar-refractivity contribution is 5.96. The lowest BCUT2D eigenvalue weighted by molar-refractivity contribution is 0.0948. The number of aromatic hydroxyl groups is 1. The predicted octanol–water partition coefficient (Wildman–Crippen LogP) is 3.44. The number of H-pyrrole nitrogens is 1. The molecule has 0 unspecified atom stereocenters. The normalized spacial score (nSPS) is 13.5. The molecule has 1 amide bonds. The van der Waals surface area contributed by atoms with Gasteiger partial charge in [-0.05, 0) is 32.1 Å². The van der Waals surface area contributed by atoms with Crippen LogP contribution in [0.15, 0.2) is 4.79 Å². The molecule has 1 aliphatic rings. The molecule has 1 aliphatic carbocycles. The van der Waals surface area contributed by atoms with E-state index in [-0.39, 0.29) is 11.3 Å². The Labute approximate surface area is 143 Å². The van der Waals surface area contributed by atoms with E-state index in [0.29, 0.717) is 6.54 Å². The molecule has 0 radical (unpaired) electrons. The second-order valence-electron chi connectivity index (χ2n) is 6.72. The Hall–Kier alpha value is -1.78. The topological polar surface area (TPSA) is 82.2 Å². The van der Waals surface area contributed by atoms with Crippen molar-refractivity contribution in [2.45, 2.75) is 77.6 Å². The maximum atomic E-state index is 12.3. The van der Waals surface area contributed by atoms with E-state index in [2.05, 4.69) is 17.2 Å². The van der Waals surface area contributed by atoms with Gasteiger partial charge in [0.25, 0.3) is 11.5 Å². The molecule has 0 saturated carbocycles. The van der Waals surface area contributed by atoms with Gasteiger partial charge in [0.2, 0.25) is 0 Å². The summed E-state index contributed by atoms with van der Waals surface area (Å²) in [5.74, 6) is -0.585. The van der Waals surface area contributed by atoms with Gasteiger partial charge in [-0.25, -0.2) is 0 Å². The van der Waals surface area contributed by atoms with Gasteiger partial charge in [-0.3, -0.25) is 9.59 Å². The van der Waals surface area contributed by atoms with Crippen molar-refractivity contribution in [2.24, 2.45) is 0 Å². The average Bonchev–Trinajstić information content (AvgIpc) is 2.57. The maximum absolute atomic E-state index is 12.3. The molecule has 5 nitrogen and oxygen atoms in total. The Bertz CT molecular complexity index is 607. The Kier molecular flexibility index (Phi) is 7.35. The van der Waals surface area contributed by atoms with E-state index in [1.165, 1.54) is 32.1 Å². The minimum atomic E-state index is -0.481. The Morgan fingerprint density at radius 2 is 1.75 bits per heavy atom. The maximum Gasteiger partial charge on any atom is 0.264 e. The van der Waals surface area contributed by atoms with Crippen LogP contribution in [0.5, 0.6) is 5.75 Å². The van der Waals surface area contributed by atoms with Gasteiger partial charge in [-0.2, -0.15) is 0 Å². The first-order valence-electron chi connectivity index (χ1n) is 9.40. The van der Waals surface area contributed by atoms with Crippen molar-refractivity contribution in [3.63, 3.8) is 0 Å². The second-order valence-corrected chi connectivity index (χ2v) is 6.72. The van der Waals surface area contributed by atoms with Crippen LogP contribution in [0.1, 0.15) is 86.3 Å². The quantitative estimate of drug-likeness (QED) is 0.605. The van der Waals surface area contributed by atoms with Crippen LogP contribution in [0, 0.1) is 0 Å². The number of aryl methyl sites for hydroxylation is 1. The minimum Gasteiger partial charge on any atom is -0.507 e. The molecule has 3 N–H and O–H groups in total. The van der Waals surface area contributed by atoms with Gasteiger partial charge >= 0.3 is 0 Å². The summed E-state index contributed by atoms with van der Waals surface area (Å²) in [4.78, 5) is 27.1. The van der Waals surface area contributed by atoms with E-state index in [1.807, 2.05) is 0 Å². The molecule has 0 spiro atoms. The molecule has 1 aromatic heterocycles. The van der Waals surface area contributed by atoms with Crippen LogP contribution in [0.25, 0.3) is 0 Å². The zero-order chi connectivity index (χ0) is 17.4. The molecular weight excluding hydrogens is 304 g/mol. The fourth-order valence-electron chi connectivity index (χ4n) is 3.35. The predicted molar refractivity (Wildman–Crippen MR) is 95.7 cm³/mol. The van der Waals surface area contributed by atoms with Crippen molar-refractivity contribution in [1.82, 2.24) is 10.3 Å². The van der Waals surface area contributed by atoms with Crippen molar-refractivity contribution in [1.29, 1.82) is 0 Å². The highest BCUT2D eigenvalue weighted by Gasteiger charge is 2.23. The number of carbonyl (C=O) groups is 1. The SMILES string of the molecule is CCCCCCCCCNC(=O)c1c(O)c2c([nH]c1=O)CCCC2. The van der Waals surface area contributed by atoms with Crippen LogP contribution in [0.2, 0.25) is 0 Å². The summed E-state index contributed by atoms with van der Waals surface area (Å²) in [5.41, 5.74) is 0.915. The number of unbranched alkanes of at least 4 members (excludes halogenated alkanes) is 6. The minimum absolute atomic E-state index is 0.120. The monoisotopic (exact) mass is 334 g/mol. The molecule has 0 aliphatic heterocycles. The van der Waals surface area contributed by atoms with Crippen molar-refractivity contribution in [2.75, 3.05) is 6.54 Å². The van der Waals surface area contributed by atoms with Crippen molar-refractivity contribution >= 4 is 5.91 Å². The third-order valence-corrected chi connectivity index (χ3v) is 4.77. The van der Waals surface area contributed by atoms with E-state index >= 15 is 0 Å². The van der Waals surface area contributed by atoms with Gasteiger partial charge in [0.05, 0.1) is 0 Å².